The molecule has 3 N–H and O–H groups in total. The Bertz CT molecular complexity index is 633. The highest BCUT2D eigenvalue weighted by molar-refractivity contribution is 5.95. The Kier molecular flexibility index (Phi) is 6.29. The number of aliphatic hydroxyl groups excluding tert-OH is 1. The molecule has 0 bridgehead atoms. The molecule has 6 nitrogen and oxygen atoms in total. The number of amides is 1. The second-order valence-corrected chi connectivity index (χ2v) is 5.70. The van der Waals surface area contributed by atoms with Gasteiger partial charge in [0.25, 0.3) is 5.91 Å². The maximum absolute atomic E-state index is 12.3. The van der Waals surface area contributed by atoms with Crippen molar-refractivity contribution in [1.82, 2.24) is 20.5 Å². The molecule has 23 heavy (non-hydrogen) atoms. The molecule has 1 amide bonds. The fraction of sp³-hybridized carbons (Fsp3) is 0.471. The Hall–Kier alpha value is -2.21. The van der Waals surface area contributed by atoms with E-state index in [1.54, 1.807) is 12.1 Å². The second-order valence-electron chi connectivity index (χ2n) is 5.70. The van der Waals surface area contributed by atoms with Crippen molar-refractivity contribution in [3.05, 3.63) is 35.7 Å². The number of rotatable bonds is 8. The standard InChI is InChI=1S/C17H24N4O2/c1-3-5-13(8-9-22)11-18-17(23)15-7-4-6-14(10-15)16-19-12(2)20-21-16/h4,6-7,10,13,22H,3,5,8-9,11H2,1-2H3,(H,18,23)(H,19,20,21). The molecule has 1 unspecified atom stereocenters. The Balaban J connectivity index is 2.02. The predicted octanol–water partition coefficient (Wildman–Crippen LogP) is 2.31. The monoisotopic (exact) mass is 316 g/mol. The van der Waals surface area contributed by atoms with E-state index >= 15 is 0 Å². The van der Waals surface area contributed by atoms with Crippen molar-refractivity contribution in [2.24, 2.45) is 5.92 Å². The van der Waals surface area contributed by atoms with Gasteiger partial charge in [0.1, 0.15) is 5.82 Å². The van der Waals surface area contributed by atoms with Gasteiger partial charge in [0.05, 0.1) is 0 Å². The van der Waals surface area contributed by atoms with Gasteiger partial charge in [-0.15, -0.1) is 0 Å². The van der Waals surface area contributed by atoms with Gasteiger partial charge in [-0.25, -0.2) is 4.98 Å². The molecule has 0 aliphatic rings. The molecule has 1 atom stereocenters. The number of nitrogens with zero attached hydrogens (tertiary/aromatic N) is 2. The summed E-state index contributed by atoms with van der Waals surface area (Å²) >= 11 is 0. The third-order valence-corrected chi connectivity index (χ3v) is 3.77. The molecule has 0 saturated heterocycles. The summed E-state index contributed by atoms with van der Waals surface area (Å²) in [4.78, 5) is 16.6. The van der Waals surface area contributed by atoms with Crippen molar-refractivity contribution < 1.29 is 9.90 Å². The molecular weight excluding hydrogens is 292 g/mol. The van der Waals surface area contributed by atoms with Crippen molar-refractivity contribution in [3.8, 4) is 11.4 Å². The summed E-state index contributed by atoms with van der Waals surface area (Å²) in [6.07, 6.45) is 2.75. The summed E-state index contributed by atoms with van der Waals surface area (Å²) in [5.41, 5.74) is 1.40. The van der Waals surface area contributed by atoms with Crippen LogP contribution in [0.3, 0.4) is 0 Å². The van der Waals surface area contributed by atoms with Crippen LogP contribution in [0.25, 0.3) is 11.4 Å². The molecule has 0 spiro atoms. The van der Waals surface area contributed by atoms with Crippen LogP contribution in [-0.4, -0.2) is 39.3 Å². The number of H-pyrrole nitrogens is 1. The Labute approximate surface area is 136 Å². The van der Waals surface area contributed by atoms with Crippen LogP contribution in [0.4, 0.5) is 0 Å². The van der Waals surface area contributed by atoms with Crippen LogP contribution >= 0.6 is 0 Å². The van der Waals surface area contributed by atoms with E-state index < -0.39 is 0 Å². The highest BCUT2D eigenvalue weighted by Crippen LogP contribution is 2.16. The Morgan fingerprint density at radius 3 is 2.87 bits per heavy atom. The first-order valence-corrected chi connectivity index (χ1v) is 8.02. The second kappa shape index (κ2) is 8.43. The van der Waals surface area contributed by atoms with Gasteiger partial charge in [0, 0.05) is 24.3 Å². The number of benzene rings is 1. The van der Waals surface area contributed by atoms with Crippen LogP contribution in [0, 0.1) is 12.8 Å². The molecule has 0 saturated carbocycles. The number of carbonyl (C=O) groups excluding carboxylic acids is 1. The number of carbonyl (C=O) groups is 1. The molecule has 6 heteroatoms. The molecule has 0 radical (unpaired) electrons. The lowest BCUT2D eigenvalue weighted by molar-refractivity contribution is 0.0943. The lowest BCUT2D eigenvalue weighted by atomic mass is 10.00. The molecule has 1 aromatic heterocycles. The highest BCUT2D eigenvalue weighted by Gasteiger charge is 2.12. The first-order chi connectivity index (χ1) is 11.1. The van der Waals surface area contributed by atoms with E-state index in [1.807, 2.05) is 19.1 Å². The van der Waals surface area contributed by atoms with Crippen molar-refractivity contribution in [1.29, 1.82) is 0 Å². The molecule has 0 fully saturated rings. The molecule has 0 aliphatic carbocycles. The molecule has 2 rings (SSSR count). The van der Waals surface area contributed by atoms with Gasteiger partial charge in [-0.3, -0.25) is 9.89 Å². The molecule has 124 valence electrons. The summed E-state index contributed by atoms with van der Waals surface area (Å²) in [5.74, 6) is 1.52. The SMILES string of the molecule is CCCC(CCO)CNC(=O)c1cccc(-c2n[nH]c(C)n2)c1. The van der Waals surface area contributed by atoms with E-state index in [2.05, 4.69) is 27.4 Å². The molecule has 1 aromatic carbocycles. The van der Waals surface area contributed by atoms with Crippen LogP contribution < -0.4 is 5.32 Å². The average Bonchev–Trinajstić information content (AvgIpc) is 2.99. The minimum absolute atomic E-state index is 0.113. The topological polar surface area (TPSA) is 90.9 Å². The zero-order valence-corrected chi connectivity index (χ0v) is 13.7. The lowest BCUT2D eigenvalue weighted by Gasteiger charge is -2.15. The average molecular weight is 316 g/mol. The zero-order valence-electron chi connectivity index (χ0n) is 13.7. The summed E-state index contributed by atoms with van der Waals surface area (Å²) in [6, 6.07) is 7.27. The number of nitrogens with one attached hydrogen (secondary N) is 2. The van der Waals surface area contributed by atoms with Crippen LogP contribution in [0.15, 0.2) is 24.3 Å². The number of aliphatic hydroxyl groups is 1. The maximum atomic E-state index is 12.3. The maximum Gasteiger partial charge on any atom is 0.251 e. The van der Waals surface area contributed by atoms with Gasteiger partial charge in [-0.2, -0.15) is 5.10 Å². The molecule has 1 heterocycles. The molecular formula is C17H24N4O2. The summed E-state index contributed by atoms with van der Waals surface area (Å²) < 4.78 is 0. The lowest BCUT2D eigenvalue weighted by Crippen LogP contribution is -2.29. The number of aromatic nitrogens is 3. The van der Waals surface area contributed by atoms with Crippen LogP contribution in [0.2, 0.25) is 0 Å². The van der Waals surface area contributed by atoms with Crippen molar-refractivity contribution in [3.63, 3.8) is 0 Å². The third-order valence-electron chi connectivity index (χ3n) is 3.77. The third kappa shape index (κ3) is 4.89. The van der Waals surface area contributed by atoms with Crippen LogP contribution in [-0.2, 0) is 0 Å². The molecule has 2 aromatic rings. The van der Waals surface area contributed by atoms with E-state index in [9.17, 15) is 4.79 Å². The van der Waals surface area contributed by atoms with Crippen molar-refractivity contribution in [2.75, 3.05) is 13.2 Å². The number of hydrogen-bond donors (Lipinski definition) is 3. The minimum atomic E-state index is -0.113. The largest absolute Gasteiger partial charge is 0.396 e. The summed E-state index contributed by atoms with van der Waals surface area (Å²) in [7, 11) is 0. The van der Waals surface area contributed by atoms with Gasteiger partial charge in [-0.05, 0) is 37.8 Å². The summed E-state index contributed by atoms with van der Waals surface area (Å²) in [5, 5.41) is 18.9. The van der Waals surface area contributed by atoms with E-state index in [1.165, 1.54) is 0 Å². The number of hydrogen-bond acceptors (Lipinski definition) is 4. The fourth-order valence-corrected chi connectivity index (χ4v) is 2.55. The van der Waals surface area contributed by atoms with Gasteiger partial charge in [0.15, 0.2) is 5.82 Å². The number of aryl methyl sites for hydroxylation is 1. The smallest absolute Gasteiger partial charge is 0.251 e. The Morgan fingerprint density at radius 2 is 2.22 bits per heavy atom. The minimum Gasteiger partial charge on any atom is -0.396 e. The van der Waals surface area contributed by atoms with Crippen molar-refractivity contribution >= 4 is 5.91 Å². The van der Waals surface area contributed by atoms with Crippen LogP contribution in [0.5, 0.6) is 0 Å². The summed E-state index contributed by atoms with van der Waals surface area (Å²) in [6.45, 7) is 4.67. The van der Waals surface area contributed by atoms with E-state index in [4.69, 9.17) is 5.11 Å². The van der Waals surface area contributed by atoms with E-state index in [-0.39, 0.29) is 12.5 Å². The van der Waals surface area contributed by atoms with Gasteiger partial charge in [0.2, 0.25) is 0 Å². The van der Waals surface area contributed by atoms with E-state index in [0.717, 1.165) is 24.2 Å². The van der Waals surface area contributed by atoms with E-state index in [0.29, 0.717) is 30.3 Å². The Morgan fingerprint density at radius 1 is 1.39 bits per heavy atom. The number of aromatic amines is 1. The van der Waals surface area contributed by atoms with Gasteiger partial charge < -0.3 is 10.4 Å². The van der Waals surface area contributed by atoms with Crippen molar-refractivity contribution in [2.45, 2.75) is 33.1 Å². The fourth-order valence-electron chi connectivity index (χ4n) is 2.55. The van der Waals surface area contributed by atoms with Crippen LogP contribution in [0.1, 0.15) is 42.4 Å². The zero-order chi connectivity index (χ0) is 16.7. The van der Waals surface area contributed by atoms with Gasteiger partial charge in [-0.1, -0.05) is 25.5 Å². The highest BCUT2D eigenvalue weighted by atomic mass is 16.3. The quantitative estimate of drug-likeness (QED) is 0.697. The molecule has 0 aliphatic heterocycles. The first kappa shape index (κ1) is 17.1. The normalized spacial score (nSPS) is 12.1. The van der Waals surface area contributed by atoms with Gasteiger partial charge >= 0.3 is 0 Å². The first-order valence-electron chi connectivity index (χ1n) is 8.02. The predicted molar refractivity (Wildman–Crippen MR) is 89.0 cm³/mol.